The quantitative estimate of drug-likeness (QED) is 0.210. The van der Waals surface area contributed by atoms with Crippen molar-refractivity contribution in [3.63, 3.8) is 0 Å². The van der Waals surface area contributed by atoms with E-state index < -0.39 is 28.0 Å². The average Bonchev–Trinajstić information content (AvgIpc) is 3.16. The number of nitrogens with one attached hydrogen (secondary N) is 2. The van der Waals surface area contributed by atoms with Crippen molar-refractivity contribution >= 4 is 92.0 Å². The van der Waals surface area contributed by atoms with Crippen molar-refractivity contribution in [2.45, 2.75) is 17.2 Å². The summed E-state index contributed by atoms with van der Waals surface area (Å²) >= 11 is 32.7. The summed E-state index contributed by atoms with van der Waals surface area (Å²) < 4.78 is -1.33. The largest absolute Gasteiger partial charge is 0.326 e. The zero-order valence-electron chi connectivity index (χ0n) is 19.6. The predicted octanol–water partition coefficient (Wildman–Crippen LogP) is 8.86. The highest BCUT2D eigenvalue weighted by molar-refractivity contribution is 7.14. The lowest BCUT2D eigenvalue weighted by molar-refractivity contribution is -0.117. The Kier molecular flexibility index (Phi) is 7.66. The Balaban J connectivity index is 1.29. The van der Waals surface area contributed by atoms with Crippen LogP contribution >= 0.6 is 69.3 Å². The second kappa shape index (κ2) is 10.7. The zero-order valence-corrected chi connectivity index (χ0v) is 24.2. The fourth-order valence-electron chi connectivity index (χ4n) is 4.17. The molecule has 1 heterocycles. The van der Waals surface area contributed by atoms with E-state index in [0.717, 1.165) is 16.8 Å². The van der Waals surface area contributed by atoms with E-state index in [1.54, 1.807) is 24.3 Å². The second-order valence-electron chi connectivity index (χ2n) is 8.87. The summed E-state index contributed by atoms with van der Waals surface area (Å²) in [5.74, 6) is -2.11. The van der Waals surface area contributed by atoms with Gasteiger partial charge < -0.3 is 5.32 Å². The molecule has 0 bridgehead atoms. The smallest absolute Gasteiger partial charge is 0.259 e. The standard InChI is InChI=1S/C27H18Cl5N3O2S/c1-13-2-4-14(5-3-13)21-12-38-26(34-21)35-24(36)19-11-18(6-7-20(19)30)33-25(37)23-22(27(23,31)32)15-8-16(28)10-17(29)9-15/h2-12,22-23H,1H3,(H,33,37)(H,34,35,36)/t22-,23+/m1/s1. The third kappa shape index (κ3) is 5.67. The number of rotatable bonds is 6. The minimum Gasteiger partial charge on any atom is -0.326 e. The van der Waals surface area contributed by atoms with Gasteiger partial charge in [0, 0.05) is 32.6 Å². The van der Waals surface area contributed by atoms with E-state index in [9.17, 15) is 9.59 Å². The third-order valence-electron chi connectivity index (χ3n) is 6.13. The van der Waals surface area contributed by atoms with Crippen LogP contribution < -0.4 is 10.6 Å². The van der Waals surface area contributed by atoms with E-state index in [4.69, 9.17) is 58.0 Å². The molecule has 1 fully saturated rings. The first kappa shape index (κ1) is 27.3. The van der Waals surface area contributed by atoms with Crippen LogP contribution in [0.25, 0.3) is 11.3 Å². The molecular formula is C27H18Cl5N3O2S. The molecule has 1 aromatic heterocycles. The molecular weight excluding hydrogens is 608 g/mol. The minimum atomic E-state index is -1.33. The van der Waals surface area contributed by atoms with Crippen LogP contribution in [0.5, 0.6) is 0 Å². The van der Waals surface area contributed by atoms with E-state index in [1.165, 1.54) is 23.5 Å². The summed E-state index contributed by atoms with van der Waals surface area (Å²) in [5.41, 5.74) is 4.05. The second-order valence-corrected chi connectivity index (χ2v) is 12.5. The maximum atomic E-state index is 13.1. The van der Waals surface area contributed by atoms with Crippen LogP contribution in [-0.2, 0) is 4.79 Å². The highest BCUT2D eigenvalue weighted by Crippen LogP contribution is 2.65. The molecule has 1 saturated carbocycles. The first-order valence-corrected chi connectivity index (χ1v) is 14.1. The first-order chi connectivity index (χ1) is 18.0. The molecule has 194 valence electrons. The monoisotopic (exact) mass is 623 g/mol. The van der Waals surface area contributed by atoms with E-state index >= 15 is 0 Å². The summed E-state index contributed by atoms with van der Waals surface area (Å²) in [4.78, 5) is 30.6. The molecule has 0 radical (unpaired) electrons. The van der Waals surface area contributed by atoms with Gasteiger partial charge in [0.1, 0.15) is 4.33 Å². The summed E-state index contributed by atoms with van der Waals surface area (Å²) in [6.45, 7) is 2.01. The SMILES string of the molecule is Cc1ccc(-c2csc(NC(=O)c3cc(NC(=O)[C@@H]4[C@@H](c5cc(Cl)cc(Cl)c5)C4(Cl)Cl)ccc3Cl)n2)cc1. The molecule has 5 nitrogen and oxygen atoms in total. The number of thiazole rings is 1. The summed E-state index contributed by atoms with van der Waals surface area (Å²) in [7, 11) is 0. The molecule has 1 aliphatic rings. The molecule has 0 saturated heterocycles. The molecule has 4 aromatic rings. The number of carbonyl (C=O) groups is 2. The summed E-state index contributed by atoms with van der Waals surface area (Å²) in [5, 5.41) is 8.90. The van der Waals surface area contributed by atoms with Crippen molar-refractivity contribution < 1.29 is 9.59 Å². The van der Waals surface area contributed by atoms with Crippen LogP contribution in [0.15, 0.2) is 66.0 Å². The average molecular weight is 626 g/mol. The van der Waals surface area contributed by atoms with Crippen molar-refractivity contribution in [3.05, 3.63) is 97.8 Å². The van der Waals surface area contributed by atoms with Crippen molar-refractivity contribution in [2.75, 3.05) is 10.6 Å². The number of alkyl halides is 2. The number of hydrogen-bond donors (Lipinski definition) is 2. The fraction of sp³-hybridized carbons (Fsp3) is 0.148. The van der Waals surface area contributed by atoms with Crippen LogP contribution in [0.2, 0.25) is 15.1 Å². The Morgan fingerprint density at radius 3 is 2.29 bits per heavy atom. The number of aromatic nitrogens is 1. The molecule has 38 heavy (non-hydrogen) atoms. The van der Waals surface area contributed by atoms with Gasteiger partial charge in [-0.3, -0.25) is 14.9 Å². The number of carbonyl (C=O) groups excluding carboxylic acids is 2. The van der Waals surface area contributed by atoms with Gasteiger partial charge in [0.15, 0.2) is 5.13 Å². The molecule has 0 unspecified atom stereocenters. The van der Waals surface area contributed by atoms with Crippen LogP contribution in [0.4, 0.5) is 10.8 Å². The van der Waals surface area contributed by atoms with E-state index in [2.05, 4.69) is 15.6 Å². The van der Waals surface area contributed by atoms with Crippen LogP contribution in [0.1, 0.15) is 27.4 Å². The van der Waals surface area contributed by atoms with E-state index in [0.29, 0.717) is 26.4 Å². The molecule has 0 spiro atoms. The number of hydrogen-bond acceptors (Lipinski definition) is 4. The lowest BCUT2D eigenvalue weighted by Gasteiger charge is -2.09. The molecule has 5 rings (SSSR count). The first-order valence-electron chi connectivity index (χ1n) is 11.3. The van der Waals surface area contributed by atoms with Gasteiger partial charge in [0.25, 0.3) is 5.91 Å². The molecule has 2 amide bonds. The molecule has 0 aliphatic heterocycles. The van der Waals surface area contributed by atoms with Crippen LogP contribution in [0, 0.1) is 12.8 Å². The molecule has 2 N–H and O–H groups in total. The molecule has 11 heteroatoms. The van der Waals surface area contributed by atoms with E-state index in [1.807, 2.05) is 36.6 Å². The van der Waals surface area contributed by atoms with Gasteiger partial charge in [0.05, 0.1) is 22.2 Å². The Bertz CT molecular complexity index is 1530. The topological polar surface area (TPSA) is 71.1 Å². The highest BCUT2D eigenvalue weighted by Gasteiger charge is 2.67. The Labute approximate surface area is 248 Å². The van der Waals surface area contributed by atoms with Crippen molar-refractivity contribution in [2.24, 2.45) is 5.92 Å². The van der Waals surface area contributed by atoms with Crippen molar-refractivity contribution in [3.8, 4) is 11.3 Å². The Morgan fingerprint density at radius 2 is 1.61 bits per heavy atom. The molecule has 2 atom stereocenters. The van der Waals surface area contributed by atoms with Gasteiger partial charge in [-0.15, -0.1) is 34.5 Å². The Morgan fingerprint density at radius 1 is 0.921 bits per heavy atom. The van der Waals surface area contributed by atoms with Crippen LogP contribution in [0.3, 0.4) is 0 Å². The van der Waals surface area contributed by atoms with Gasteiger partial charge in [-0.1, -0.05) is 64.6 Å². The van der Waals surface area contributed by atoms with E-state index in [-0.39, 0.29) is 10.6 Å². The third-order valence-corrected chi connectivity index (χ3v) is 8.59. The molecule has 3 aromatic carbocycles. The lowest BCUT2D eigenvalue weighted by atomic mass is 10.1. The highest BCUT2D eigenvalue weighted by atomic mass is 35.5. The zero-order chi connectivity index (χ0) is 27.2. The van der Waals surface area contributed by atoms with Gasteiger partial charge in [0.2, 0.25) is 5.91 Å². The summed E-state index contributed by atoms with van der Waals surface area (Å²) in [6.07, 6.45) is 0. The van der Waals surface area contributed by atoms with Gasteiger partial charge >= 0.3 is 0 Å². The number of aryl methyl sites for hydroxylation is 1. The normalized spacial score (nSPS) is 17.6. The maximum Gasteiger partial charge on any atom is 0.259 e. The summed E-state index contributed by atoms with van der Waals surface area (Å²) in [6, 6.07) is 17.5. The van der Waals surface area contributed by atoms with Gasteiger partial charge in [-0.2, -0.15) is 0 Å². The molecule has 1 aliphatic carbocycles. The minimum absolute atomic E-state index is 0.175. The number of amides is 2. The lowest BCUT2D eigenvalue weighted by Crippen LogP contribution is -2.18. The van der Waals surface area contributed by atoms with Gasteiger partial charge in [-0.05, 0) is 48.9 Å². The number of halogens is 5. The van der Waals surface area contributed by atoms with Crippen LogP contribution in [-0.4, -0.2) is 21.1 Å². The number of anilines is 2. The number of benzene rings is 3. The maximum absolute atomic E-state index is 13.1. The fourth-order valence-corrected chi connectivity index (χ4v) is 6.46. The van der Waals surface area contributed by atoms with Crippen molar-refractivity contribution in [1.82, 2.24) is 4.98 Å². The van der Waals surface area contributed by atoms with Crippen molar-refractivity contribution in [1.29, 1.82) is 0 Å². The van der Waals surface area contributed by atoms with Gasteiger partial charge in [-0.25, -0.2) is 4.98 Å². The number of nitrogens with zero attached hydrogens (tertiary/aromatic N) is 1. The predicted molar refractivity (Wildman–Crippen MR) is 157 cm³/mol. The Hall–Kier alpha value is -2.32.